The summed E-state index contributed by atoms with van der Waals surface area (Å²) in [4.78, 5) is 0. The Kier molecular flexibility index (Phi) is 3.92. The first-order chi connectivity index (χ1) is 7.38. The fraction of sp³-hybridized carbons (Fsp3) is 0.500. The molecule has 1 aromatic carbocycles. The smallest absolute Gasteiger partial charge is 0.118 e. The van der Waals surface area contributed by atoms with Crippen LogP contribution in [0.15, 0.2) is 24.3 Å². The van der Waals surface area contributed by atoms with Gasteiger partial charge in [-0.25, -0.2) is 0 Å². The average molecular weight is 223 g/mol. The zero-order valence-electron chi connectivity index (χ0n) is 9.03. The Morgan fingerprint density at radius 2 is 2.20 bits per heavy atom. The Balaban J connectivity index is 1.82. The molecule has 1 saturated heterocycles. The SMILES string of the molecule is COc1ccc(CN[C@H]2CCSC2)cc1. The maximum atomic E-state index is 5.12. The van der Waals surface area contributed by atoms with Gasteiger partial charge in [-0.3, -0.25) is 0 Å². The summed E-state index contributed by atoms with van der Waals surface area (Å²) in [6.45, 7) is 0.967. The highest BCUT2D eigenvalue weighted by Gasteiger charge is 2.13. The molecule has 0 amide bonds. The number of hydrogen-bond donors (Lipinski definition) is 1. The lowest BCUT2D eigenvalue weighted by Gasteiger charge is -2.11. The molecule has 0 radical (unpaired) electrons. The molecular weight excluding hydrogens is 206 g/mol. The molecule has 1 heterocycles. The highest BCUT2D eigenvalue weighted by molar-refractivity contribution is 7.99. The van der Waals surface area contributed by atoms with E-state index in [1.54, 1.807) is 7.11 Å². The lowest BCUT2D eigenvalue weighted by molar-refractivity contribution is 0.414. The van der Waals surface area contributed by atoms with Crippen molar-refractivity contribution in [1.29, 1.82) is 0 Å². The summed E-state index contributed by atoms with van der Waals surface area (Å²) in [5.41, 5.74) is 1.33. The monoisotopic (exact) mass is 223 g/mol. The summed E-state index contributed by atoms with van der Waals surface area (Å²) in [5, 5.41) is 3.57. The Morgan fingerprint density at radius 3 is 2.80 bits per heavy atom. The van der Waals surface area contributed by atoms with E-state index in [4.69, 9.17) is 4.74 Å². The zero-order chi connectivity index (χ0) is 10.5. The van der Waals surface area contributed by atoms with E-state index in [0.29, 0.717) is 6.04 Å². The Morgan fingerprint density at radius 1 is 1.40 bits per heavy atom. The van der Waals surface area contributed by atoms with E-state index in [1.165, 1.54) is 23.5 Å². The van der Waals surface area contributed by atoms with Crippen LogP contribution in [0.3, 0.4) is 0 Å². The third kappa shape index (κ3) is 3.14. The van der Waals surface area contributed by atoms with Gasteiger partial charge in [0.25, 0.3) is 0 Å². The Bertz CT molecular complexity index is 293. The van der Waals surface area contributed by atoms with Gasteiger partial charge in [0.15, 0.2) is 0 Å². The molecule has 1 aliphatic heterocycles. The summed E-state index contributed by atoms with van der Waals surface area (Å²) in [6, 6.07) is 8.97. The number of benzene rings is 1. The van der Waals surface area contributed by atoms with Gasteiger partial charge in [-0.2, -0.15) is 11.8 Å². The minimum absolute atomic E-state index is 0.706. The van der Waals surface area contributed by atoms with Crippen molar-refractivity contribution >= 4 is 11.8 Å². The normalized spacial score (nSPS) is 20.5. The first-order valence-corrected chi connectivity index (χ1v) is 6.48. The zero-order valence-corrected chi connectivity index (χ0v) is 9.85. The van der Waals surface area contributed by atoms with Crippen LogP contribution in [0.1, 0.15) is 12.0 Å². The molecule has 2 nitrogen and oxygen atoms in total. The van der Waals surface area contributed by atoms with E-state index < -0.39 is 0 Å². The molecule has 1 atom stereocenters. The van der Waals surface area contributed by atoms with Gasteiger partial charge in [0.2, 0.25) is 0 Å². The van der Waals surface area contributed by atoms with Gasteiger partial charge in [0, 0.05) is 18.3 Å². The third-order valence-electron chi connectivity index (χ3n) is 2.68. The topological polar surface area (TPSA) is 21.3 Å². The van der Waals surface area contributed by atoms with E-state index >= 15 is 0 Å². The van der Waals surface area contributed by atoms with Crippen molar-refractivity contribution in [2.75, 3.05) is 18.6 Å². The highest BCUT2D eigenvalue weighted by atomic mass is 32.2. The van der Waals surface area contributed by atoms with Crippen LogP contribution < -0.4 is 10.1 Å². The van der Waals surface area contributed by atoms with E-state index in [1.807, 2.05) is 23.9 Å². The second-order valence-corrected chi connectivity index (χ2v) is 4.94. The first kappa shape index (κ1) is 10.8. The Labute approximate surface area is 95.4 Å². The van der Waals surface area contributed by atoms with E-state index in [2.05, 4.69) is 17.4 Å². The molecule has 0 unspecified atom stereocenters. The van der Waals surface area contributed by atoms with Gasteiger partial charge in [-0.15, -0.1) is 0 Å². The summed E-state index contributed by atoms with van der Waals surface area (Å²) < 4.78 is 5.12. The number of nitrogens with one attached hydrogen (secondary N) is 1. The quantitative estimate of drug-likeness (QED) is 0.846. The summed E-state index contributed by atoms with van der Waals surface area (Å²) in [5.74, 6) is 3.49. The van der Waals surface area contributed by atoms with Crippen molar-refractivity contribution in [1.82, 2.24) is 5.32 Å². The second-order valence-electron chi connectivity index (χ2n) is 3.79. The molecule has 82 valence electrons. The molecule has 15 heavy (non-hydrogen) atoms. The van der Waals surface area contributed by atoms with Crippen LogP contribution in [0.5, 0.6) is 5.75 Å². The van der Waals surface area contributed by atoms with Crippen molar-refractivity contribution in [3.63, 3.8) is 0 Å². The van der Waals surface area contributed by atoms with Gasteiger partial charge in [0.05, 0.1) is 7.11 Å². The number of methoxy groups -OCH3 is 1. The summed E-state index contributed by atoms with van der Waals surface area (Å²) in [6.07, 6.45) is 1.31. The molecule has 0 spiro atoms. The molecule has 1 aliphatic rings. The fourth-order valence-electron chi connectivity index (χ4n) is 1.70. The lowest BCUT2D eigenvalue weighted by Crippen LogP contribution is -2.27. The van der Waals surface area contributed by atoms with E-state index in [9.17, 15) is 0 Å². The van der Waals surface area contributed by atoms with Crippen molar-refractivity contribution in [2.24, 2.45) is 0 Å². The van der Waals surface area contributed by atoms with Crippen LogP contribution >= 0.6 is 11.8 Å². The molecule has 1 aromatic rings. The summed E-state index contributed by atoms with van der Waals surface area (Å²) in [7, 11) is 1.70. The third-order valence-corrected chi connectivity index (χ3v) is 3.85. The highest BCUT2D eigenvalue weighted by Crippen LogP contribution is 2.18. The molecule has 2 rings (SSSR count). The van der Waals surface area contributed by atoms with Gasteiger partial charge >= 0.3 is 0 Å². The molecule has 0 saturated carbocycles. The van der Waals surface area contributed by atoms with Crippen molar-refractivity contribution in [3.05, 3.63) is 29.8 Å². The van der Waals surface area contributed by atoms with Gasteiger partial charge in [-0.05, 0) is 29.9 Å². The largest absolute Gasteiger partial charge is 0.497 e. The van der Waals surface area contributed by atoms with Crippen LogP contribution in [-0.2, 0) is 6.54 Å². The first-order valence-electron chi connectivity index (χ1n) is 5.32. The number of hydrogen-bond acceptors (Lipinski definition) is 3. The van der Waals surface area contributed by atoms with Gasteiger partial charge < -0.3 is 10.1 Å². The van der Waals surface area contributed by atoms with Crippen molar-refractivity contribution < 1.29 is 4.74 Å². The van der Waals surface area contributed by atoms with Crippen LogP contribution in [-0.4, -0.2) is 24.7 Å². The predicted molar refractivity (Wildman–Crippen MR) is 65.6 cm³/mol. The molecule has 1 N–H and O–H groups in total. The lowest BCUT2D eigenvalue weighted by atomic mass is 10.2. The number of thioether (sulfide) groups is 1. The second kappa shape index (κ2) is 5.42. The molecular formula is C12H17NOS. The van der Waals surface area contributed by atoms with Crippen LogP contribution in [0, 0.1) is 0 Å². The van der Waals surface area contributed by atoms with Gasteiger partial charge in [0.1, 0.15) is 5.75 Å². The maximum absolute atomic E-state index is 5.12. The van der Waals surface area contributed by atoms with Crippen molar-refractivity contribution in [3.8, 4) is 5.75 Å². The van der Waals surface area contributed by atoms with Crippen LogP contribution in [0.4, 0.5) is 0 Å². The van der Waals surface area contributed by atoms with Crippen LogP contribution in [0.25, 0.3) is 0 Å². The summed E-state index contributed by atoms with van der Waals surface area (Å²) >= 11 is 2.04. The molecule has 0 aromatic heterocycles. The number of rotatable bonds is 4. The molecule has 1 fully saturated rings. The van der Waals surface area contributed by atoms with E-state index in [0.717, 1.165) is 12.3 Å². The van der Waals surface area contributed by atoms with Crippen molar-refractivity contribution in [2.45, 2.75) is 19.0 Å². The fourth-order valence-corrected chi connectivity index (χ4v) is 2.89. The Hall–Kier alpha value is -0.670. The maximum Gasteiger partial charge on any atom is 0.118 e. The molecule has 0 bridgehead atoms. The predicted octanol–water partition coefficient (Wildman–Crippen LogP) is 2.29. The number of ether oxygens (including phenoxy) is 1. The van der Waals surface area contributed by atoms with E-state index in [-0.39, 0.29) is 0 Å². The minimum Gasteiger partial charge on any atom is -0.497 e. The standard InChI is InChI=1S/C12H17NOS/c1-14-12-4-2-10(3-5-12)8-13-11-6-7-15-9-11/h2-5,11,13H,6-9H2,1H3/t11-/m0/s1. The minimum atomic E-state index is 0.706. The van der Waals surface area contributed by atoms with Gasteiger partial charge in [-0.1, -0.05) is 12.1 Å². The molecule has 0 aliphatic carbocycles. The average Bonchev–Trinajstić information content (AvgIpc) is 2.80. The van der Waals surface area contributed by atoms with Crippen LogP contribution in [0.2, 0.25) is 0 Å². The molecule has 3 heteroatoms.